The molecule has 0 saturated carbocycles. The first-order valence-corrected chi connectivity index (χ1v) is 6.66. The van der Waals surface area contributed by atoms with E-state index >= 15 is 0 Å². The highest BCUT2D eigenvalue weighted by atomic mass is 35.5. The number of rotatable bonds is 7. The van der Waals surface area contributed by atoms with E-state index in [1.807, 2.05) is 0 Å². The molecule has 2 amide bonds. The van der Waals surface area contributed by atoms with Crippen LogP contribution >= 0.6 is 12.4 Å². The van der Waals surface area contributed by atoms with E-state index in [2.05, 4.69) is 10.6 Å². The van der Waals surface area contributed by atoms with Crippen LogP contribution in [0.4, 0.5) is 8.78 Å². The van der Waals surface area contributed by atoms with Gasteiger partial charge in [-0.05, 0) is 25.5 Å². The molecule has 4 N–H and O–H groups in total. The summed E-state index contributed by atoms with van der Waals surface area (Å²) in [7, 11) is 0. The monoisotopic (exact) mass is 335 g/mol. The van der Waals surface area contributed by atoms with Crippen molar-refractivity contribution in [1.82, 2.24) is 10.6 Å². The molecule has 0 radical (unpaired) electrons. The second-order valence-electron chi connectivity index (χ2n) is 4.72. The van der Waals surface area contributed by atoms with E-state index in [0.29, 0.717) is 12.8 Å². The molecule has 0 fully saturated rings. The van der Waals surface area contributed by atoms with Crippen LogP contribution in [0.1, 0.15) is 30.1 Å². The third kappa shape index (κ3) is 6.82. The standard InChI is InChI=1S/C14H19F2N3O2.ClH/c1-9(17)5-6-12(20)18-7-8-19-14(21)13-10(15)3-2-4-11(13)16;/h2-4,9H,5-8,17H2,1H3,(H,18,20)(H,19,21);1H. The molecule has 0 saturated heterocycles. The van der Waals surface area contributed by atoms with E-state index in [-0.39, 0.29) is 37.4 Å². The van der Waals surface area contributed by atoms with Crippen molar-refractivity contribution in [2.24, 2.45) is 5.73 Å². The van der Waals surface area contributed by atoms with Crippen LogP contribution in [0.2, 0.25) is 0 Å². The second-order valence-corrected chi connectivity index (χ2v) is 4.72. The lowest BCUT2D eigenvalue weighted by Crippen LogP contribution is -2.35. The lowest BCUT2D eigenvalue weighted by atomic mass is 10.2. The molecule has 1 rings (SSSR count). The van der Waals surface area contributed by atoms with Gasteiger partial charge in [-0.3, -0.25) is 9.59 Å². The summed E-state index contributed by atoms with van der Waals surface area (Å²) in [5.41, 5.74) is 4.90. The molecular formula is C14H20ClF2N3O2. The van der Waals surface area contributed by atoms with Crippen LogP contribution in [-0.2, 0) is 4.79 Å². The molecule has 1 aromatic carbocycles. The van der Waals surface area contributed by atoms with Crippen LogP contribution in [0, 0.1) is 11.6 Å². The van der Waals surface area contributed by atoms with Crippen molar-refractivity contribution in [3.05, 3.63) is 35.4 Å². The van der Waals surface area contributed by atoms with Gasteiger partial charge in [-0.1, -0.05) is 6.07 Å². The maximum absolute atomic E-state index is 13.3. The van der Waals surface area contributed by atoms with E-state index in [4.69, 9.17) is 5.73 Å². The first-order valence-electron chi connectivity index (χ1n) is 6.66. The van der Waals surface area contributed by atoms with Gasteiger partial charge in [-0.2, -0.15) is 0 Å². The van der Waals surface area contributed by atoms with Crippen molar-refractivity contribution in [3.8, 4) is 0 Å². The minimum Gasteiger partial charge on any atom is -0.354 e. The van der Waals surface area contributed by atoms with E-state index in [1.54, 1.807) is 6.92 Å². The Bertz CT molecular complexity index is 493. The highest BCUT2D eigenvalue weighted by Crippen LogP contribution is 2.11. The van der Waals surface area contributed by atoms with Gasteiger partial charge in [0, 0.05) is 25.6 Å². The molecule has 0 aliphatic heterocycles. The minimum absolute atomic E-state index is 0. The highest BCUT2D eigenvalue weighted by Gasteiger charge is 2.16. The van der Waals surface area contributed by atoms with Crippen LogP contribution in [0.5, 0.6) is 0 Å². The fourth-order valence-electron chi connectivity index (χ4n) is 1.63. The molecule has 8 heteroatoms. The Hall–Kier alpha value is -1.73. The summed E-state index contributed by atoms with van der Waals surface area (Å²) in [5, 5.41) is 4.92. The summed E-state index contributed by atoms with van der Waals surface area (Å²) in [5.74, 6) is -2.88. The maximum Gasteiger partial charge on any atom is 0.257 e. The number of nitrogens with two attached hydrogens (primary N) is 1. The summed E-state index contributed by atoms with van der Waals surface area (Å²) in [4.78, 5) is 23.0. The molecule has 1 atom stereocenters. The smallest absolute Gasteiger partial charge is 0.257 e. The Labute approximate surface area is 134 Å². The fourth-order valence-corrected chi connectivity index (χ4v) is 1.63. The van der Waals surface area contributed by atoms with Gasteiger partial charge in [-0.15, -0.1) is 12.4 Å². The zero-order valence-corrected chi connectivity index (χ0v) is 13.0. The summed E-state index contributed by atoms with van der Waals surface area (Å²) in [6.45, 7) is 2.06. The van der Waals surface area contributed by atoms with Gasteiger partial charge in [0.05, 0.1) is 0 Å². The molecule has 0 aromatic heterocycles. The predicted octanol–water partition coefficient (Wildman–Crippen LogP) is 1.36. The van der Waals surface area contributed by atoms with Crippen LogP contribution in [0.3, 0.4) is 0 Å². The summed E-state index contributed by atoms with van der Waals surface area (Å²) >= 11 is 0. The number of carbonyl (C=O) groups is 2. The average Bonchev–Trinajstić information content (AvgIpc) is 2.41. The average molecular weight is 336 g/mol. The van der Waals surface area contributed by atoms with Gasteiger partial charge in [-0.25, -0.2) is 8.78 Å². The molecule has 5 nitrogen and oxygen atoms in total. The molecule has 0 aliphatic carbocycles. The minimum atomic E-state index is -0.923. The third-order valence-electron chi connectivity index (χ3n) is 2.75. The normalized spacial score (nSPS) is 11.3. The number of hydrogen-bond acceptors (Lipinski definition) is 3. The molecule has 0 heterocycles. The Balaban J connectivity index is 0.00000441. The molecule has 0 spiro atoms. The maximum atomic E-state index is 13.3. The molecule has 1 unspecified atom stereocenters. The van der Waals surface area contributed by atoms with Crippen molar-refractivity contribution in [3.63, 3.8) is 0 Å². The van der Waals surface area contributed by atoms with Gasteiger partial charge in [0.15, 0.2) is 0 Å². The molecule has 22 heavy (non-hydrogen) atoms. The summed E-state index contributed by atoms with van der Waals surface area (Å²) < 4.78 is 26.7. The van der Waals surface area contributed by atoms with Crippen molar-refractivity contribution in [2.75, 3.05) is 13.1 Å². The molecule has 0 bridgehead atoms. The van der Waals surface area contributed by atoms with Gasteiger partial charge < -0.3 is 16.4 Å². The lowest BCUT2D eigenvalue weighted by Gasteiger charge is -2.09. The summed E-state index contributed by atoms with van der Waals surface area (Å²) in [6, 6.07) is 3.14. The fraction of sp³-hybridized carbons (Fsp3) is 0.429. The number of hydrogen-bond donors (Lipinski definition) is 3. The first kappa shape index (κ1) is 20.3. The quantitative estimate of drug-likeness (QED) is 0.658. The molecule has 1 aromatic rings. The van der Waals surface area contributed by atoms with Crippen molar-refractivity contribution in [2.45, 2.75) is 25.8 Å². The number of amides is 2. The summed E-state index contributed by atoms with van der Waals surface area (Å²) in [6.07, 6.45) is 0.867. The lowest BCUT2D eigenvalue weighted by molar-refractivity contribution is -0.121. The van der Waals surface area contributed by atoms with E-state index < -0.39 is 23.1 Å². The van der Waals surface area contributed by atoms with Crippen molar-refractivity contribution in [1.29, 1.82) is 0 Å². The van der Waals surface area contributed by atoms with E-state index in [1.165, 1.54) is 6.07 Å². The first-order chi connectivity index (χ1) is 9.91. The third-order valence-corrected chi connectivity index (χ3v) is 2.75. The number of halogens is 3. The highest BCUT2D eigenvalue weighted by molar-refractivity contribution is 5.94. The van der Waals surface area contributed by atoms with Crippen LogP contribution in [0.25, 0.3) is 0 Å². The molecular weight excluding hydrogens is 316 g/mol. The zero-order valence-electron chi connectivity index (χ0n) is 12.2. The van der Waals surface area contributed by atoms with Crippen LogP contribution in [0.15, 0.2) is 18.2 Å². The number of carbonyl (C=O) groups excluding carboxylic acids is 2. The van der Waals surface area contributed by atoms with Gasteiger partial charge in [0.2, 0.25) is 5.91 Å². The second kappa shape index (κ2) is 10.1. The SMILES string of the molecule is CC(N)CCC(=O)NCCNC(=O)c1c(F)cccc1F.Cl. The molecule has 0 aliphatic rings. The topological polar surface area (TPSA) is 84.2 Å². The predicted molar refractivity (Wildman–Crippen MR) is 81.8 cm³/mol. The Morgan fingerprint density at radius 2 is 1.73 bits per heavy atom. The van der Waals surface area contributed by atoms with E-state index in [0.717, 1.165) is 12.1 Å². The van der Waals surface area contributed by atoms with E-state index in [9.17, 15) is 18.4 Å². The number of nitrogens with one attached hydrogen (secondary N) is 2. The van der Waals surface area contributed by atoms with Crippen LogP contribution < -0.4 is 16.4 Å². The Morgan fingerprint density at radius 3 is 2.27 bits per heavy atom. The Morgan fingerprint density at radius 1 is 1.18 bits per heavy atom. The van der Waals surface area contributed by atoms with Gasteiger partial charge in [0.25, 0.3) is 5.91 Å². The zero-order chi connectivity index (χ0) is 15.8. The van der Waals surface area contributed by atoms with Crippen molar-refractivity contribution >= 4 is 24.2 Å². The van der Waals surface area contributed by atoms with Crippen LogP contribution in [-0.4, -0.2) is 30.9 Å². The number of benzene rings is 1. The molecule has 124 valence electrons. The van der Waals surface area contributed by atoms with Gasteiger partial charge in [0.1, 0.15) is 17.2 Å². The van der Waals surface area contributed by atoms with Crippen molar-refractivity contribution < 1.29 is 18.4 Å². The largest absolute Gasteiger partial charge is 0.354 e. The van der Waals surface area contributed by atoms with Gasteiger partial charge >= 0.3 is 0 Å². The Kier molecular flexibility index (Phi) is 9.28.